The van der Waals surface area contributed by atoms with Crippen LogP contribution in [0.1, 0.15) is 5.69 Å². The summed E-state index contributed by atoms with van der Waals surface area (Å²) in [4.78, 5) is 3.78. The van der Waals surface area contributed by atoms with Gasteiger partial charge < -0.3 is 5.11 Å². The number of rotatable bonds is 1. The molecule has 1 N–H and O–H groups in total. The first-order chi connectivity index (χ1) is 4.74. The van der Waals surface area contributed by atoms with Gasteiger partial charge in [0.2, 0.25) is 0 Å². The van der Waals surface area contributed by atoms with Crippen molar-refractivity contribution in [2.24, 2.45) is 0 Å². The predicted molar refractivity (Wildman–Crippen MR) is 40.5 cm³/mol. The molecule has 0 aliphatic heterocycles. The number of aromatic nitrogens is 1. The molecule has 0 saturated carbocycles. The predicted octanol–water partition coefficient (Wildman–Crippen LogP) is 2.18. The van der Waals surface area contributed by atoms with Crippen molar-refractivity contribution < 1.29 is 5.11 Å². The van der Waals surface area contributed by atoms with Crippen LogP contribution in [0.3, 0.4) is 0 Å². The van der Waals surface area contributed by atoms with Crippen LogP contribution in [-0.2, 0) is 5.88 Å². The van der Waals surface area contributed by atoms with Gasteiger partial charge in [-0.05, 0) is 0 Å². The Bertz CT molecular complexity index is 239. The van der Waals surface area contributed by atoms with Gasteiger partial charge >= 0.3 is 0 Å². The Hall–Kier alpha value is -0.470. The van der Waals surface area contributed by atoms with Crippen LogP contribution >= 0.6 is 23.2 Å². The summed E-state index contributed by atoms with van der Waals surface area (Å²) < 4.78 is 0. The largest absolute Gasteiger partial charge is 0.506 e. The van der Waals surface area contributed by atoms with Crippen molar-refractivity contribution in [2.75, 3.05) is 0 Å². The fraction of sp³-hybridized carbons (Fsp3) is 0.167. The zero-order valence-electron chi connectivity index (χ0n) is 5.01. The van der Waals surface area contributed by atoms with Crippen molar-refractivity contribution in [3.05, 3.63) is 23.0 Å². The van der Waals surface area contributed by atoms with Crippen LogP contribution in [0.25, 0.3) is 0 Å². The number of hydrogen-bond donors (Lipinski definition) is 1. The Morgan fingerprint density at radius 2 is 2.30 bits per heavy atom. The summed E-state index contributed by atoms with van der Waals surface area (Å²) in [5, 5.41) is 9.24. The molecular weight excluding hydrogens is 173 g/mol. The Morgan fingerprint density at radius 1 is 1.60 bits per heavy atom. The van der Waals surface area contributed by atoms with Crippen molar-refractivity contribution in [3.8, 4) is 5.75 Å². The van der Waals surface area contributed by atoms with E-state index in [9.17, 15) is 0 Å². The molecule has 0 bridgehead atoms. The SMILES string of the molecule is Oc1cnc(CCl)c(Cl)c1. The van der Waals surface area contributed by atoms with Crippen LogP contribution in [-0.4, -0.2) is 10.1 Å². The maximum Gasteiger partial charge on any atom is 0.135 e. The molecular formula is C6H5Cl2NO. The molecule has 0 aliphatic rings. The first kappa shape index (κ1) is 7.63. The van der Waals surface area contributed by atoms with Crippen LogP contribution < -0.4 is 0 Å². The van der Waals surface area contributed by atoms with Gasteiger partial charge in [-0.2, -0.15) is 0 Å². The lowest BCUT2D eigenvalue weighted by Gasteiger charge is -1.97. The van der Waals surface area contributed by atoms with E-state index in [1.165, 1.54) is 12.3 Å². The van der Waals surface area contributed by atoms with Gasteiger partial charge in [-0.25, -0.2) is 0 Å². The van der Waals surface area contributed by atoms with Crippen LogP contribution in [0.2, 0.25) is 5.02 Å². The van der Waals surface area contributed by atoms with Gasteiger partial charge in [0.15, 0.2) is 0 Å². The molecule has 1 rings (SSSR count). The maximum absolute atomic E-state index is 8.84. The molecule has 0 saturated heterocycles. The van der Waals surface area contributed by atoms with Crippen molar-refractivity contribution in [1.82, 2.24) is 4.98 Å². The highest BCUT2D eigenvalue weighted by molar-refractivity contribution is 6.32. The molecule has 0 fully saturated rings. The first-order valence-corrected chi connectivity index (χ1v) is 3.54. The molecule has 0 spiro atoms. The highest BCUT2D eigenvalue weighted by Gasteiger charge is 1.99. The first-order valence-electron chi connectivity index (χ1n) is 2.63. The highest BCUT2D eigenvalue weighted by Crippen LogP contribution is 2.19. The second-order valence-corrected chi connectivity index (χ2v) is 2.43. The topological polar surface area (TPSA) is 33.1 Å². The summed E-state index contributed by atoms with van der Waals surface area (Å²) in [6, 6.07) is 1.41. The third kappa shape index (κ3) is 1.52. The lowest BCUT2D eigenvalue weighted by atomic mass is 10.4. The van der Waals surface area contributed by atoms with Gasteiger partial charge in [-0.1, -0.05) is 11.6 Å². The number of pyridine rings is 1. The van der Waals surface area contributed by atoms with Crippen LogP contribution in [0.5, 0.6) is 5.75 Å². The van der Waals surface area contributed by atoms with Gasteiger partial charge in [-0.3, -0.25) is 4.98 Å². The van der Waals surface area contributed by atoms with Crippen molar-refractivity contribution in [3.63, 3.8) is 0 Å². The van der Waals surface area contributed by atoms with E-state index in [-0.39, 0.29) is 11.6 Å². The number of hydrogen-bond acceptors (Lipinski definition) is 2. The molecule has 1 aromatic rings. The van der Waals surface area contributed by atoms with Gasteiger partial charge in [0.25, 0.3) is 0 Å². The Morgan fingerprint density at radius 3 is 2.80 bits per heavy atom. The van der Waals surface area contributed by atoms with E-state index >= 15 is 0 Å². The Kier molecular flexibility index (Phi) is 2.35. The normalized spacial score (nSPS) is 9.80. The van der Waals surface area contributed by atoms with Crippen molar-refractivity contribution >= 4 is 23.2 Å². The molecule has 0 aliphatic carbocycles. The van der Waals surface area contributed by atoms with Crippen LogP contribution in [0, 0.1) is 0 Å². The van der Waals surface area contributed by atoms with Gasteiger partial charge in [-0.15, -0.1) is 11.6 Å². The quantitative estimate of drug-likeness (QED) is 0.668. The van der Waals surface area contributed by atoms with E-state index in [0.29, 0.717) is 10.7 Å². The maximum atomic E-state index is 8.84. The van der Waals surface area contributed by atoms with E-state index in [2.05, 4.69) is 4.98 Å². The second-order valence-electron chi connectivity index (χ2n) is 1.76. The van der Waals surface area contributed by atoms with Crippen molar-refractivity contribution in [1.29, 1.82) is 0 Å². The molecule has 0 atom stereocenters. The van der Waals surface area contributed by atoms with E-state index in [0.717, 1.165) is 0 Å². The molecule has 54 valence electrons. The lowest BCUT2D eigenvalue weighted by molar-refractivity contribution is 0.472. The van der Waals surface area contributed by atoms with E-state index in [1.807, 2.05) is 0 Å². The third-order valence-corrected chi connectivity index (χ3v) is 1.61. The molecule has 2 nitrogen and oxygen atoms in total. The average molecular weight is 178 g/mol. The summed E-state index contributed by atoms with van der Waals surface area (Å²) in [6.07, 6.45) is 1.31. The fourth-order valence-corrected chi connectivity index (χ4v) is 1.06. The molecule has 1 heterocycles. The zero-order chi connectivity index (χ0) is 7.56. The average Bonchev–Trinajstić information content (AvgIpc) is 1.88. The molecule has 0 aromatic carbocycles. The molecule has 1 aromatic heterocycles. The summed E-state index contributed by atoms with van der Waals surface area (Å²) in [5.74, 6) is 0.318. The van der Waals surface area contributed by atoms with Gasteiger partial charge in [0.05, 0.1) is 22.8 Å². The van der Waals surface area contributed by atoms with Gasteiger partial charge in [0.1, 0.15) is 5.75 Å². The monoisotopic (exact) mass is 177 g/mol. The second kappa shape index (κ2) is 3.08. The minimum absolute atomic E-state index is 0.0545. The molecule has 0 radical (unpaired) electrons. The highest BCUT2D eigenvalue weighted by atomic mass is 35.5. The van der Waals surface area contributed by atoms with E-state index in [4.69, 9.17) is 28.3 Å². The minimum Gasteiger partial charge on any atom is -0.506 e. The van der Waals surface area contributed by atoms with E-state index < -0.39 is 0 Å². The molecule has 10 heavy (non-hydrogen) atoms. The zero-order valence-corrected chi connectivity index (χ0v) is 6.52. The Labute approximate surface area is 68.4 Å². The number of nitrogens with zero attached hydrogens (tertiary/aromatic N) is 1. The van der Waals surface area contributed by atoms with Crippen LogP contribution in [0.15, 0.2) is 12.3 Å². The van der Waals surface area contributed by atoms with Crippen LogP contribution in [0.4, 0.5) is 0 Å². The summed E-state index contributed by atoms with van der Waals surface area (Å²) in [5.41, 5.74) is 0.584. The molecule has 0 amide bonds. The number of aromatic hydroxyl groups is 1. The standard InChI is InChI=1S/C6H5Cl2NO/c7-2-6-5(8)1-4(10)3-9-6/h1,3,10H,2H2. The number of alkyl halides is 1. The minimum atomic E-state index is 0.0545. The molecule has 4 heteroatoms. The number of halogens is 2. The summed E-state index contributed by atoms with van der Waals surface area (Å²) >= 11 is 11.1. The lowest BCUT2D eigenvalue weighted by Crippen LogP contribution is -1.84. The molecule has 0 unspecified atom stereocenters. The van der Waals surface area contributed by atoms with Gasteiger partial charge in [0, 0.05) is 6.07 Å². The summed E-state index contributed by atoms with van der Waals surface area (Å²) in [7, 11) is 0. The van der Waals surface area contributed by atoms with E-state index in [1.54, 1.807) is 0 Å². The van der Waals surface area contributed by atoms with Crippen molar-refractivity contribution in [2.45, 2.75) is 5.88 Å². The summed E-state index contributed by atoms with van der Waals surface area (Å²) in [6.45, 7) is 0. The fourth-order valence-electron chi connectivity index (χ4n) is 0.554. The smallest absolute Gasteiger partial charge is 0.135 e. The Balaban J connectivity index is 3.07. The third-order valence-electron chi connectivity index (χ3n) is 1.03.